The third-order valence-electron chi connectivity index (χ3n) is 2.71. The van der Waals surface area contributed by atoms with Crippen molar-refractivity contribution in [2.45, 2.75) is 25.0 Å². The summed E-state index contributed by atoms with van der Waals surface area (Å²) in [7, 11) is 4.61. The lowest BCUT2D eigenvalue weighted by Gasteiger charge is -2.25. The van der Waals surface area contributed by atoms with Crippen molar-refractivity contribution in [1.82, 2.24) is 0 Å². The second-order valence-electron chi connectivity index (χ2n) is 3.28. The number of carbonyl (C=O) groups excluding carboxylic acids is 1. The number of hydrogen-bond donors (Lipinski definition) is 0. The highest BCUT2D eigenvalue weighted by Crippen LogP contribution is 2.37. The lowest BCUT2D eigenvalue weighted by molar-refractivity contribution is -0.203. The lowest BCUT2D eigenvalue weighted by atomic mass is 10.1. The zero-order chi connectivity index (χ0) is 9.90. The molecule has 1 aliphatic carbocycles. The minimum absolute atomic E-state index is 0.0788. The normalized spacial score (nSPS) is 25.9. The summed E-state index contributed by atoms with van der Waals surface area (Å²) < 4.78 is 15.2. The largest absolute Gasteiger partial charge is 0.469 e. The van der Waals surface area contributed by atoms with Crippen molar-refractivity contribution in [3.05, 3.63) is 0 Å². The fraction of sp³-hybridized carbons (Fsp3) is 0.889. The van der Waals surface area contributed by atoms with Gasteiger partial charge in [0, 0.05) is 27.1 Å². The molecule has 0 saturated heterocycles. The number of methoxy groups -OCH3 is 3. The van der Waals surface area contributed by atoms with E-state index in [9.17, 15) is 4.79 Å². The quantitative estimate of drug-likeness (QED) is 0.488. The molecular weight excluding hydrogens is 172 g/mol. The molecule has 0 heterocycles. The van der Waals surface area contributed by atoms with Crippen LogP contribution in [0.2, 0.25) is 0 Å². The van der Waals surface area contributed by atoms with Crippen LogP contribution in [0.25, 0.3) is 0 Å². The molecule has 0 spiro atoms. The number of hydrogen-bond acceptors (Lipinski definition) is 4. The number of ether oxygens (including phenoxy) is 3. The van der Waals surface area contributed by atoms with Gasteiger partial charge >= 0.3 is 5.97 Å². The van der Waals surface area contributed by atoms with Crippen molar-refractivity contribution in [2.24, 2.45) is 5.92 Å². The molecule has 1 saturated carbocycles. The molecule has 0 radical (unpaired) electrons. The van der Waals surface area contributed by atoms with E-state index >= 15 is 0 Å². The summed E-state index contributed by atoms with van der Waals surface area (Å²) in [5.74, 6) is -0.820. The van der Waals surface area contributed by atoms with Crippen molar-refractivity contribution in [3.63, 3.8) is 0 Å². The van der Waals surface area contributed by atoms with E-state index in [1.165, 1.54) is 7.11 Å². The van der Waals surface area contributed by atoms with Crippen LogP contribution in [0, 0.1) is 5.92 Å². The molecule has 13 heavy (non-hydrogen) atoms. The van der Waals surface area contributed by atoms with Crippen LogP contribution < -0.4 is 0 Å². The van der Waals surface area contributed by atoms with Crippen molar-refractivity contribution in [1.29, 1.82) is 0 Å². The third-order valence-corrected chi connectivity index (χ3v) is 2.71. The Labute approximate surface area is 78.2 Å². The van der Waals surface area contributed by atoms with E-state index in [-0.39, 0.29) is 11.9 Å². The van der Waals surface area contributed by atoms with Gasteiger partial charge in [0.25, 0.3) is 0 Å². The molecule has 1 aliphatic rings. The maximum Gasteiger partial charge on any atom is 0.308 e. The summed E-state index contributed by atoms with van der Waals surface area (Å²) in [5.41, 5.74) is 0. The molecule has 0 N–H and O–H groups in total. The Morgan fingerprint density at radius 1 is 1.31 bits per heavy atom. The summed E-state index contributed by atoms with van der Waals surface area (Å²) in [6.07, 6.45) is 2.11. The first-order valence-corrected chi connectivity index (χ1v) is 4.35. The van der Waals surface area contributed by atoms with Crippen LogP contribution in [0.15, 0.2) is 0 Å². The Bertz CT molecular complexity index is 186. The molecule has 1 fully saturated rings. The summed E-state index contributed by atoms with van der Waals surface area (Å²) in [4.78, 5) is 11.2. The fourth-order valence-corrected chi connectivity index (χ4v) is 1.80. The fourth-order valence-electron chi connectivity index (χ4n) is 1.80. The van der Waals surface area contributed by atoms with Crippen molar-refractivity contribution in [2.75, 3.05) is 21.3 Å². The summed E-state index contributed by atoms with van der Waals surface area (Å²) >= 11 is 0. The van der Waals surface area contributed by atoms with E-state index < -0.39 is 5.79 Å². The van der Waals surface area contributed by atoms with Gasteiger partial charge in [-0.3, -0.25) is 4.79 Å². The number of carbonyl (C=O) groups is 1. The molecule has 0 aromatic heterocycles. The Kier molecular flexibility index (Phi) is 3.27. The molecule has 76 valence electrons. The van der Waals surface area contributed by atoms with Gasteiger partial charge in [-0.2, -0.15) is 0 Å². The minimum atomic E-state index is -0.571. The molecule has 4 nitrogen and oxygen atoms in total. The smallest absolute Gasteiger partial charge is 0.308 e. The van der Waals surface area contributed by atoms with Gasteiger partial charge in [0.2, 0.25) is 0 Å². The second kappa shape index (κ2) is 4.07. The van der Waals surface area contributed by atoms with E-state index in [4.69, 9.17) is 9.47 Å². The summed E-state index contributed by atoms with van der Waals surface area (Å²) in [6, 6.07) is 0. The first kappa shape index (κ1) is 10.5. The van der Waals surface area contributed by atoms with Crippen LogP contribution in [0.1, 0.15) is 19.3 Å². The second-order valence-corrected chi connectivity index (χ2v) is 3.28. The van der Waals surface area contributed by atoms with Gasteiger partial charge in [0.1, 0.15) is 0 Å². The first-order chi connectivity index (χ1) is 6.17. The van der Waals surface area contributed by atoms with Crippen molar-refractivity contribution in [3.8, 4) is 0 Å². The zero-order valence-electron chi connectivity index (χ0n) is 8.33. The average molecular weight is 188 g/mol. The van der Waals surface area contributed by atoms with E-state index in [2.05, 4.69) is 4.74 Å². The zero-order valence-corrected chi connectivity index (χ0v) is 8.33. The van der Waals surface area contributed by atoms with Gasteiger partial charge in [-0.15, -0.1) is 0 Å². The maximum absolute atomic E-state index is 11.2. The first-order valence-electron chi connectivity index (χ1n) is 4.35. The van der Waals surface area contributed by atoms with Gasteiger partial charge in [-0.25, -0.2) is 0 Å². The standard InChI is InChI=1S/C9H16O4/c1-11-8(10)7-4-5-9(6-7,12-2)13-3/h7H,4-6H2,1-3H3/t7-/m1/s1. The molecule has 1 atom stereocenters. The van der Waals surface area contributed by atoms with E-state index in [0.29, 0.717) is 6.42 Å². The monoisotopic (exact) mass is 188 g/mol. The third kappa shape index (κ3) is 2.00. The van der Waals surface area contributed by atoms with Crippen LogP contribution in [0.3, 0.4) is 0 Å². The van der Waals surface area contributed by atoms with Crippen LogP contribution in [-0.4, -0.2) is 33.1 Å². The molecular formula is C9H16O4. The van der Waals surface area contributed by atoms with Crippen molar-refractivity contribution >= 4 is 5.97 Å². The van der Waals surface area contributed by atoms with E-state index in [1.54, 1.807) is 14.2 Å². The Balaban J connectivity index is 2.56. The van der Waals surface area contributed by atoms with Gasteiger partial charge in [0.05, 0.1) is 13.0 Å². The highest BCUT2D eigenvalue weighted by Gasteiger charge is 2.42. The van der Waals surface area contributed by atoms with Gasteiger partial charge in [0.15, 0.2) is 5.79 Å². The molecule has 0 aliphatic heterocycles. The van der Waals surface area contributed by atoms with E-state index in [1.807, 2.05) is 0 Å². The summed E-state index contributed by atoms with van der Waals surface area (Å²) in [5, 5.41) is 0. The lowest BCUT2D eigenvalue weighted by Crippen LogP contribution is -2.31. The predicted octanol–water partition coefficient (Wildman–Crippen LogP) is 0.949. The Morgan fingerprint density at radius 3 is 2.31 bits per heavy atom. The van der Waals surface area contributed by atoms with Gasteiger partial charge in [-0.1, -0.05) is 0 Å². The Morgan fingerprint density at radius 2 is 1.92 bits per heavy atom. The molecule has 0 aromatic rings. The molecule has 0 amide bonds. The SMILES string of the molecule is COC(=O)[C@@H]1CCC(OC)(OC)C1. The topological polar surface area (TPSA) is 44.8 Å². The predicted molar refractivity (Wildman–Crippen MR) is 46.1 cm³/mol. The summed E-state index contributed by atoms with van der Waals surface area (Å²) in [6.45, 7) is 0. The van der Waals surface area contributed by atoms with Gasteiger partial charge in [-0.05, 0) is 6.42 Å². The van der Waals surface area contributed by atoms with Crippen LogP contribution in [-0.2, 0) is 19.0 Å². The molecule has 1 rings (SSSR count). The maximum atomic E-state index is 11.2. The average Bonchev–Trinajstić information content (AvgIpc) is 2.61. The highest BCUT2D eigenvalue weighted by molar-refractivity contribution is 5.72. The van der Waals surface area contributed by atoms with E-state index in [0.717, 1.165) is 12.8 Å². The Hall–Kier alpha value is -0.610. The number of rotatable bonds is 3. The van der Waals surface area contributed by atoms with Gasteiger partial charge < -0.3 is 14.2 Å². The van der Waals surface area contributed by atoms with Crippen LogP contribution in [0.5, 0.6) is 0 Å². The van der Waals surface area contributed by atoms with Crippen LogP contribution >= 0.6 is 0 Å². The number of esters is 1. The molecule has 0 aromatic carbocycles. The molecule has 4 heteroatoms. The van der Waals surface area contributed by atoms with Crippen LogP contribution in [0.4, 0.5) is 0 Å². The molecule has 0 unspecified atom stereocenters. The minimum Gasteiger partial charge on any atom is -0.469 e. The molecule has 0 bridgehead atoms. The highest BCUT2D eigenvalue weighted by atomic mass is 16.7. The van der Waals surface area contributed by atoms with Crippen molar-refractivity contribution < 1.29 is 19.0 Å².